The van der Waals surface area contributed by atoms with Gasteiger partial charge in [0, 0.05) is 19.4 Å². The molecule has 1 atom stereocenters. The van der Waals surface area contributed by atoms with Gasteiger partial charge in [-0.1, -0.05) is 13.8 Å². The van der Waals surface area contributed by atoms with Crippen molar-refractivity contribution in [1.29, 1.82) is 0 Å². The molecule has 0 heterocycles. The van der Waals surface area contributed by atoms with E-state index in [-0.39, 0.29) is 30.8 Å². The van der Waals surface area contributed by atoms with Gasteiger partial charge in [0.05, 0.1) is 0 Å². The molecule has 1 rings (SSSR count). The lowest BCUT2D eigenvalue weighted by Crippen LogP contribution is -2.21. The summed E-state index contributed by atoms with van der Waals surface area (Å²) in [6.07, 6.45) is 1.35. The molecule has 3 heteroatoms. The van der Waals surface area contributed by atoms with Gasteiger partial charge in [0.1, 0.15) is 0 Å². The van der Waals surface area contributed by atoms with Crippen LogP contribution in [0.1, 0.15) is 39.5 Å². The molecular weight excluding hydrogens is 174 g/mol. The van der Waals surface area contributed by atoms with Crippen LogP contribution < -0.4 is 0 Å². The minimum absolute atomic E-state index is 0.0103. The van der Waals surface area contributed by atoms with Crippen molar-refractivity contribution in [3.8, 4) is 0 Å². The van der Waals surface area contributed by atoms with Crippen molar-refractivity contribution in [2.75, 3.05) is 6.61 Å². The Balaban J connectivity index is 2.40. The number of rotatable bonds is 3. The van der Waals surface area contributed by atoms with Crippen LogP contribution >= 0.6 is 0 Å². The zero-order valence-corrected chi connectivity index (χ0v) is 8.32. The van der Waals surface area contributed by atoms with Crippen molar-refractivity contribution in [2.24, 2.45) is 11.3 Å². The Labute approximate surface area is 78.1 Å². The summed E-state index contributed by atoms with van der Waals surface area (Å²) < 4.78 is 25.6. The van der Waals surface area contributed by atoms with Crippen molar-refractivity contribution in [3.05, 3.63) is 0 Å². The summed E-state index contributed by atoms with van der Waals surface area (Å²) in [6, 6.07) is 0. The highest BCUT2D eigenvalue weighted by Crippen LogP contribution is 2.43. The third kappa shape index (κ3) is 3.22. The van der Waals surface area contributed by atoms with Gasteiger partial charge < -0.3 is 5.11 Å². The zero-order chi connectivity index (χ0) is 10.1. The first-order chi connectivity index (χ1) is 5.85. The molecule has 1 fully saturated rings. The molecule has 1 aliphatic carbocycles. The first-order valence-electron chi connectivity index (χ1n) is 4.83. The third-order valence-electron chi connectivity index (χ3n) is 2.77. The maximum Gasteiger partial charge on any atom is 0.248 e. The average Bonchev–Trinajstić information content (AvgIpc) is 2.29. The number of aliphatic hydroxyl groups excluding tert-OH is 1. The molecule has 78 valence electrons. The lowest BCUT2D eigenvalue weighted by Gasteiger charge is -2.25. The van der Waals surface area contributed by atoms with Crippen molar-refractivity contribution in [3.63, 3.8) is 0 Å². The Kier molecular flexibility index (Phi) is 2.95. The zero-order valence-electron chi connectivity index (χ0n) is 8.32. The van der Waals surface area contributed by atoms with Crippen LogP contribution in [0, 0.1) is 11.3 Å². The van der Waals surface area contributed by atoms with E-state index in [1.165, 1.54) is 0 Å². The number of hydrogen-bond acceptors (Lipinski definition) is 1. The van der Waals surface area contributed by atoms with Gasteiger partial charge in [-0.2, -0.15) is 0 Å². The summed E-state index contributed by atoms with van der Waals surface area (Å²) in [6.45, 7) is 3.92. The van der Waals surface area contributed by atoms with Gasteiger partial charge in [0.2, 0.25) is 5.92 Å². The Morgan fingerprint density at radius 2 is 2.08 bits per heavy atom. The lowest BCUT2D eigenvalue weighted by atomic mass is 9.83. The fourth-order valence-corrected chi connectivity index (χ4v) is 2.06. The van der Waals surface area contributed by atoms with Crippen molar-refractivity contribution in [1.82, 2.24) is 0 Å². The standard InChI is InChI=1S/C10H18F2O/c1-9(2,7-13)5-8-3-4-10(11,12)6-8/h8,13H,3-7H2,1-2H3. The molecule has 1 aliphatic rings. The molecule has 0 aliphatic heterocycles. The Hall–Kier alpha value is -0.180. The van der Waals surface area contributed by atoms with Crippen LogP contribution in [0.5, 0.6) is 0 Å². The highest BCUT2D eigenvalue weighted by Gasteiger charge is 2.40. The Morgan fingerprint density at radius 1 is 1.46 bits per heavy atom. The molecule has 1 saturated carbocycles. The molecule has 13 heavy (non-hydrogen) atoms. The quantitative estimate of drug-likeness (QED) is 0.729. The van der Waals surface area contributed by atoms with E-state index in [1.807, 2.05) is 13.8 Å². The number of aliphatic hydroxyl groups is 1. The van der Waals surface area contributed by atoms with Gasteiger partial charge in [0.15, 0.2) is 0 Å². The number of alkyl halides is 2. The second kappa shape index (κ2) is 3.52. The summed E-state index contributed by atoms with van der Waals surface area (Å²) in [5.74, 6) is -2.35. The molecule has 0 aromatic carbocycles. The molecule has 0 spiro atoms. The molecule has 0 aromatic heterocycles. The van der Waals surface area contributed by atoms with Gasteiger partial charge in [-0.3, -0.25) is 0 Å². The van der Waals surface area contributed by atoms with Crippen molar-refractivity contribution >= 4 is 0 Å². The van der Waals surface area contributed by atoms with E-state index in [4.69, 9.17) is 5.11 Å². The average molecular weight is 192 g/mol. The normalized spacial score (nSPS) is 27.9. The molecular formula is C10H18F2O. The van der Waals surface area contributed by atoms with E-state index < -0.39 is 5.92 Å². The Morgan fingerprint density at radius 3 is 2.46 bits per heavy atom. The summed E-state index contributed by atoms with van der Waals surface area (Å²) in [4.78, 5) is 0. The maximum atomic E-state index is 12.8. The van der Waals surface area contributed by atoms with Crippen molar-refractivity contribution < 1.29 is 13.9 Å². The third-order valence-corrected chi connectivity index (χ3v) is 2.77. The topological polar surface area (TPSA) is 20.2 Å². The maximum absolute atomic E-state index is 12.8. The van der Waals surface area contributed by atoms with Crippen LogP contribution in [0.15, 0.2) is 0 Å². The van der Waals surface area contributed by atoms with Crippen LogP contribution in [0.3, 0.4) is 0 Å². The lowest BCUT2D eigenvalue weighted by molar-refractivity contribution is 0.00202. The van der Waals surface area contributed by atoms with E-state index in [2.05, 4.69) is 0 Å². The van der Waals surface area contributed by atoms with Crippen LogP contribution in [0.2, 0.25) is 0 Å². The minimum atomic E-state index is -2.45. The number of halogens is 2. The van der Waals surface area contributed by atoms with Gasteiger partial charge >= 0.3 is 0 Å². The van der Waals surface area contributed by atoms with E-state index in [1.54, 1.807) is 0 Å². The van der Waals surface area contributed by atoms with Gasteiger partial charge in [-0.15, -0.1) is 0 Å². The largest absolute Gasteiger partial charge is 0.396 e. The minimum Gasteiger partial charge on any atom is -0.396 e. The Bertz CT molecular complexity index is 178. The molecule has 0 aromatic rings. The summed E-state index contributed by atoms with van der Waals surface area (Å²) in [5, 5.41) is 9.00. The molecule has 0 bridgehead atoms. The monoisotopic (exact) mass is 192 g/mol. The van der Waals surface area contributed by atoms with E-state index in [0.717, 1.165) is 0 Å². The first-order valence-corrected chi connectivity index (χ1v) is 4.83. The molecule has 0 saturated heterocycles. The molecule has 1 unspecified atom stereocenters. The second-order valence-corrected chi connectivity index (χ2v) is 4.99. The first kappa shape index (κ1) is 10.9. The second-order valence-electron chi connectivity index (χ2n) is 4.99. The number of hydrogen-bond donors (Lipinski definition) is 1. The van der Waals surface area contributed by atoms with Gasteiger partial charge in [-0.25, -0.2) is 8.78 Å². The van der Waals surface area contributed by atoms with Crippen LogP contribution in [-0.4, -0.2) is 17.6 Å². The smallest absolute Gasteiger partial charge is 0.248 e. The van der Waals surface area contributed by atoms with E-state index in [9.17, 15) is 8.78 Å². The summed E-state index contributed by atoms with van der Waals surface area (Å²) in [7, 11) is 0. The van der Waals surface area contributed by atoms with Gasteiger partial charge in [0.25, 0.3) is 0 Å². The molecule has 1 nitrogen and oxygen atoms in total. The molecule has 0 amide bonds. The fourth-order valence-electron chi connectivity index (χ4n) is 2.06. The van der Waals surface area contributed by atoms with Gasteiger partial charge in [-0.05, 0) is 24.2 Å². The van der Waals surface area contributed by atoms with Crippen LogP contribution in [0.25, 0.3) is 0 Å². The van der Waals surface area contributed by atoms with Crippen LogP contribution in [0.4, 0.5) is 8.78 Å². The highest BCUT2D eigenvalue weighted by molar-refractivity contribution is 4.84. The predicted octanol–water partition coefficient (Wildman–Crippen LogP) is 2.83. The summed E-state index contributed by atoms with van der Waals surface area (Å²) in [5.41, 5.74) is -0.203. The summed E-state index contributed by atoms with van der Waals surface area (Å²) >= 11 is 0. The molecule has 1 N–H and O–H groups in total. The predicted molar refractivity (Wildman–Crippen MR) is 47.8 cm³/mol. The fraction of sp³-hybridized carbons (Fsp3) is 1.00. The van der Waals surface area contributed by atoms with E-state index in [0.29, 0.717) is 12.8 Å². The highest BCUT2D eigenvalue weighted by atomic mass is 19.3. The molecule has 0 radical (unpaired) electrons. The van der Waals surface area contributed by atoms with Crippen molar-refractivity contribution in [2.45, 2.75) is 45.5 Å². The SMILES string of the molecule is CC(C)(CO)CC1CCC(F)(F)C1. The van der Waals surface area contributed by atoms with Crippen LogP contribution in [-0.2, 0) is 0 Å². The van der Waals surface area contributed by atoms with E-state index >= 15 is 0 Å².